The summed E-state index contributed by atoms with van der Waals surface area (Å²) in [6.07, 6.45) is 0. The van der Waals surface area contributed by atoms with E-state index in [0.717, 1.165) is 11.5 Å². The molecule has 0 spiro atoms. The lowest BCUT2D eigenvalue weighted by Gasteiger charge is -1.98. The lowest BCUT2D eigenvalue weighted by Crippen LogP contribution is -1.84. The topological polar surface area (TPSA) is 0 Å². The Hall–Kier alpha value is 0.120. The predicted octanol–water partition coefficient (Wildman–Crippen LogP) is 3.44. The van der Waals surface area contributed by atoms with E-state index >= 15 is 0 Å². The standard InChI is InChI=1S/C8H13ClS/c1-7(2)5-10-6-8(3)4-9/h4H,1,5-6H2,2-3H3/b8-4+. The summed E-state index contributed by atoms with van der Waals surface area (Å²) >= 11 is 7.31. The molecule has 0 aromatic carbocycles. The van der Waals surface area contributed by atoms with Gasteiger partial charge in [-0.15, -0.1) is 0 Å². The number of rotatable bonds is 4. The number of halogens is 1. The maximum absolute atomic E-state index is 5.47. The first-order valence-corrected chi connectivity index (χ1v) is 4.74. The number of hydrogen-bond donors (Lipinski definition) is 0. The average Bonchev–Trinajstić information content (AvgIpc) is 1.87. The molecule has 0 nitrogen and oxygen atoms in total. The quantitative estimate of drug-likeness (QED) is 0.592. The van der Waals surface area contributed by atoms with E-state index in [1.807, 2.05) is 25.6 Å². The largest absolute Gasteiger partial charge is 0.153 e. The Kier molecular flexibility index (Phi) is 5.94. The minimum Gasteiger partial charge on any atom is -0.153 e. The van der Waals surface area contributed by atoms with Crippen LogP contribution < -0.4 is 0 Å². The fourth-order valence-corrected chi connectivity index (χ4v) is 1.44. The Morgan fingerprint density at radius 3 is 2.50 bits per heavy atom. The molecule has 0 aromatic rings. The summed E-state index contributed by atoms with van der Waals surface area (Å²) < 4.78 is 0. The van der Waals surface area contributed by atoms with Crippen molar-refractivity contribution in [2.75, 3.05) is 11.5 Å². The van der Waals surface area contributed by atoms with Crippen molar-refractivity contribution >= 4 is 23.4 Å². The van der Waals surface area contributed by atoms with Gasteiger partial charge in [-0.05, 0) is 13.8 Å². The highest BCUT2D eigenvalue weighted by Gasteiger charge is 1.89. The number of hydrogen-bond acceptors (Lipinski definition) is 1. The monoisotopic (exact) mass is 176 g/mol. The van der Waals surface area contributed by atoms with Crippen LogP contribution in [-0.2, 0) is 0 Å². The van der Waals surface area contributed by atoms with Crippen LogP contribution in [0.3, 0.4) is 0 Å². The molecule has 0 saturated carbocycles. The van der Waals surface area contributed by atoms with Crippen LogP contribution in [0.4, 0.5) is 0 Å². The Bertz CT molecular complexity index is 138. The normalized spacial score (nSPS) is 11.7. The van der Waals surface area contributed by atoms with Crippen LogP contribution >= 0.6 is 23.4 Å². The van der Waals surface area contributed by atoms with E-state index in [2.05, 4.69) is 6.58 Å². The molecule has 0 rings (SSSR count). The van der Waals surface area contributed by atoms with Crippen LogP contribution in [0.5, 0.6) is 0 Å². The van der Waals surface area contributed by atoms with Crippen molar-refractivity contribution in [3.8, 4) is 0 Å². The highest BCUT2D eigenvalue weighted by molar-refractivity contribution is 7.99. The summed E-state index contributed by atoms with van der Waals surface area (Å²) in [5.74, 6) is 2.04. The summed E-state index contributed by atoms with van der Waals surface area (Å²) in [6, 6.07) is 0. The molecule has 0 fully saturated rings. The summed E-state index contributed by atoms with van der Waals surface area (Å²) in [5.41, 5.74) is 4.06. The maximum Gasteiger partial charge on any atom is 0.0155 e. The summed E-state index contributed by atoms with van der Waals surface area (Å²) in [6.45, 7) is 7.87. The molecule has 0 radical (unpaired) electrons. The third-order valence-corrected chi connectivity index (χ3v) is 2.59. The minimum atomic E-state index is 1.01. The van der Waals surface area contributed by atoms with E-state index in [0.29, 0.717) is 0 Å². The summed E-state index contributed by atoms with van der Waals surface area (Å²) in [4.78, 5) is 0. The average molecular weight is 177 g/mol. The van der Waals surface area contributed by atoms with Gasteiger partial charge < -0.3 is 0 Å². The van der Waals surface area contributed by atoms with Crippen molar-refractivity contribution in [2.45, 2.75) is 13.8 Å². The van der Waals surface area contributed by atoms with Gasteiger partial charge in [0.2, 0.25) is 0 Å². The molecule has 0 aliphatic carbocycles. The highest BCUT2D eigenvalue weighted by atomic mass is 35.5. The van der Waals surface area contributed by atoms with Crippen molar-refractivity contribution in [1.82, 2.24) is 0 Å². The zero-order valence-corrected chi connectivity index (χ0v) is 8.06. The second-order valence-electron chi connectivity index (χ2n) is 2.41. The molecule has 58 valence electrons. The third-order valence-electron chi connectivity index (χ3n) is 0.864. The Morgan fingerprint density at radius 1 is 1.50 bits per heavy atom. The van der Waals surface area contributed by atoms with Crippen LogP contribution in [-0.4, -0.2) is 11.5 Å². The Balaban J connectivity index is 3.29. The second-order valence-corrected chi connectivity index (χ2v) is 3.61. The van der Waals surface area contributed by atoms with Gasteiger partial charge in [-0.3, -0.25) is 0 Å². The van der Waals surface area contributed by atoms with E-state index < -0.39 is 0 Å². The first-order valence-electron chi connectivity index (χ1n) is 3.14. The first kappa shape index (κ1) is 10.1. The molecule has 10 heavy (non-hydrogen) atoms. The van der Waals surface area contributed by atoms with Crippen LogP contribution in [0.1, 0.15) is 13.8 Å². The molecular formula is C8H13ClS. The van der Waals surface area contributed by atoms with Gasteiger partial charge in [0.1, 0.15) is 0 Å². The molecule has 0 bridgehead atoms. The van der Waals surface area contributed by atoms with Gasteiger partial charge >= 0.3 is 0 Å². The van der Waals surface area contributed by atoms with E-state index in [4.69, 9.17) is 11.6 Å². The SMILES string of the molecule is C=C(C)CSC/C(C)=C/Cl. The van der Waals surface area contributed by atoms with Gasteiger partial charge in [0.25, 0.3) is 0 Å². The molecule has 0 atom stereocenters. The zero-order valence-electron chi connectivity index (χ0n) is 6.48. The van der Waals surface area contributed by atoms with E-state index in [9.17, 15) is 0 Å². The molecule has 0 heterocycles. The van der Waals surface area contributed by atoms with Crippen molar-refractivity contribution < 1.29 is 0 Å². The fraction of sp³-hybridized carbons (Fsp3) is 0.500. The van der Waals surface area contributed by atoms with Gasteiger partial charge in [0.15, 0.2) is 0 Å². The van der Waals surface area contributed by atoms with Crippen LogP contribution in [0, 0.1) is 0 Å². The van der Waals surface area contributed by atoms with Crippen molar-refractivity contribution in [1.29, 1.82) is 0 Å². The molecule has 2 heteroatoms. The van der Waals surface area contributed by atoms with E-state index in [1.165, 1.54) is 11.1 Å². The van der Waals surface area contributed by atoms with Gasteiger partial charge in [0, 0.05) is 17.0 Å². The molecule has 0 aliphatic heterocycles. The molecule has 0 amide bonds. The molecule has 0 N–H and O–H groups in total. The van der Waals surface area contributed by atoms with Gasteiger partial charge in [-0.2, -0.15) is 11.8 Å². The lowest BCUT2D eigenvalue weighted by atomic mass is 10.4. The zero-order chi connectivity index (χ0) is 7.98. The van der Waals surface area contributed by atoms with Crippen LogP contribution in [0.15, 0.2) is 23.3 Å². The minimum absolute atomic E-state index is 1.01. The molecule has 0 unspecified atom stereocenters. The van der Waals surface area contributed by atoms with Crippen LogP contribution in [0.2, 0.25) is 0 Å². The first-order chi connectivity index (χ1) is 4.66. The number of thioether (sulfide) groups is 1. The van der Waals surface area contributed by atoms with Gasteiger partial charge in [0.05, 0.1) is 0 Å². The fourth-order valence-electron chi connectivity index (χ4n) is 0.418. The van der Waals surface area contributed by atoms with E-state index in [-0.39, 0.29) is 0 Å². The Labute approximate surface area is 72.3 Å². The van der Waals surface area contributed by atoms with Crippen molar-refractivity contribution in [3.63, 3.8) is 0 Å². The highest BCUT2D eigenvalue weighted by Crippen LogP contribution is 2.10. The van der Waals surface area contributed by atoms with Crippen molar-refractivity contribution in [2.24, 2.45) is 0 Å². The maximum atomic E-state index is 5.47. The predicted molar refractivity (Wildman–Crippen MR) is 51.7 cm³/mol. The van der Waals surface area contributed by atoms with Crippen molar-refractivity contribution in [3.05, 3.63) is 23.3 Å². The lowest BCUT2D eigenvalue weighted by molar-refractivity contribution is 1.40. The second kappa shape index (κ2) is 5.87. The third kappa shape index (κ3) is 6.24. The molecule has 0 aromatic heterocycles. The van der Waals surface area contributed by atoms with Gasteiger partial charge in [-0.1, -0.05) is 29.3 Å². The molecular weight excluding hydrogens is 164 g/mol. The smallest absolute Gasteiger partial charge is 0.0155 e. The van der Waals surface area contributed by atoms with Gasteiger partial charge in [-0.25, -0.2) is 0 Å². The van der Waals surface area contributed by atoms with E-state index in [1.54, 1.807) is 5.54 Å². The summed E-state index contributed by atoms with van der Waals surface area (Å²) in [7, 11) is 0. The van der Waals surface area contributed by atoms with Crippen LogP contribution in [0.25, 0.3) is 0 Å². The molecule has 0 aliphatic rings. The molecule has 0 saturated heterocycles. The Morgan fingerprint density at radius 2 is 2.10 bits per heavy atom. The summed E-state index contributed by atoms with van der Waals surface area (Å²) in [5, 5.41) is 0.